The molecule has 0 unspecified atom stereocenters. The Morgan fingerprint density at radius 2 is 2.05 bits per heavy atom. The second-order valence-corrected chi connectivity index (χ2v) is 4.94. The van der Waals surface area contributed by atoms with Gasteiger partial charge in [0.2, 0.25) is 0 Å². The van der Waals surface area contributed by atoms with E-state index in [9.17, 15) is 13.2 Å². The van der Waals surface area contributed by atoms with Crippen molar-refractivity contribution in [2.75, 3.05) is 13.6 Å². The van der Waals surface area contributed by atoms with E-state index in [1.807, 2.05) is 13.2 Å². The SMILES string of the molecule is CN1CCc2nn(-c3ccc(C(F)(F)F)cn3)cc2C1. The molecule has 1 aliphatic heterocycles. The van der Waals surface area contributed by atoms with Gasteiger partial charge in [-0.25, -0.2) is 9.67 Å². The van der Waals surface area contributed by atoms with E-state index in [-0.39, 0.29) is 0 Å². The van der Waals surface area contributed by atoms with Crippen LogP contribution in [0.1, 0.15) is 16.8 Å². The zero-order valence-electron chi connectivity index (χ0n) is 10.9. The van der Waals surface area contributed by atoms with Crippen LogP contribution in [0.3, 0.4) is 0 Å². The molecule has 1 aliphatic rings. The molecule has 20 heavy (non-hydrogen) atoms. The number of hydrogen-bond acceptors (Lipinski definition) is 3. The topological polar surface area (TPSA) is 34.0 Å². The predicted molar refractivity (Wildman–Crippen MR) is 66.4 cm³/mol. The van der Waals surface area contributed by atoms with E-state index >= 15 is 0 Å². The fourth-order valence-electron chi connectivity index (χ4n) is 2.26. The van der Waals surface area contributed by atoms with E-state index in [4.69, 9.17) is 0 Å². The molecule has 0 amide bonds. The van der Waals surface area contributed by atoms with E-state index in [0.29, 0.717) is 5.82 Å². The molecule has 2 aromatic heterocycles. The van der Waals surface area contributed by atoms with Crippen molar-refractivity contribution in [3.63, 3.8) is 0 Å². The van der Waals surface area contributed by atoms with Gasteiger partial charge in [-0.3, -0.25) is 0 Å². The molecule has 2 aromatic rings. The number of rotatable bonds is 1. The minimum atomic E-state index is -4.36. The van der Waals surface area contributed by atoms with Crippen molar-refractivity contribution in [2.45, 2.75) is 19.1 Å². The van der Waals surface area contributed by atoms with Gasteiger partial charge >= 0.3 is 6.18 Å². The molecule has 0 N–H and O–H groups in total. The quantitative estimate of drug-likeness (QED) is 0.804. The molecule has 0 radical (unpaired) electrons. The van der Waals surface area contributed by atoms with Crippen LogP contribution in [0.15, 0.2) is 24.5 Å². The highest BCUT2D eigenvalue weighted by Gasteiger charge is 2.30. The van der Waals surface area contributed by atoms with Gasteiger partial charge in [0.1, 0.15) is 0 Å². The highest BCUT2D eigenvalue weighted by atomic mass is 19.4. The third-order valence-electron chi connectivity index (χ3n) is 3.36. The summed E-state index contributed by atoms with van der Waals surface area (Å²) in [7, 11) is 2.02. The molecule has 3 rings (SSSR count). The number of pyridine rings is 1. The average Bonchev–Trinajstić information content (AvgIpc) is 2.80. The molecular weight excluding hydrogens is 269 g/mol. The Morgan fingerprint density at radius 3 is 2.70 bits per heavy atom. The van der Waals surface area contributed by atoms with Crippen LogP contribution in [0.5, 0.6) is 0 Å². The van der Waals surface area contributed by atoms with Gasteiger partial charge in [-0.05, 0) is 19.2 Å². The highest BCUT2D eigenvalue weighted by molar-refractivity contribution is 5.30. The molecule has 106 valence electrons. The van der Waals surface area contributed by atoms with Gasteiger partial charge < -0.3 is 4.90 Å². The number of likely N-dealkylation sites (N-methyl/N-ethyl adjacent to an activating group) is 1. The van der Waals surface area contributed by atoms with Crippen LogP contribution in [-0.4, -0.2) is 33.3 Å². The first-order valence-corrected chi connectivity index (χ1v) is 6.23. The molecule has 0 fully saturated rings. The molecular formula is C13H13F3N4. The minimum Gasteiger partial charge on any atom is -0.302 e. The summed E-state index contributed by atoms with van der Waals surface area (Å²) in [5, 5.41) is 4.39. The molecule has 0 aliphatic carbocycles. The van der Waals surface area contributed by atoms with Crippen LogP contribution < -0.4 is 0 Å². The van der Waals surface area contributed by atoms with Crippen LogP contribution in [0.2, 0.25) is 0 Å². The number of nitrogens with zero attached hydrogens (tertiary/aromatic N) is 4. The average molecular weight is 282 g/mol. The first kappa shape index (κ1) is 13.1. The molecule has 3 heterocycles. The van der Waals surface area contributed by atoms with Crippen molar-refractivity contribution in [3.8, 4) is 5.82 Å². The van der Waals surface area contributed by atoms with Gasteiger partial charge in [-0.1, -0.05) is 0 Å². The van der Waals surface area contributed by atoms with Gasteiger partial charge in [0.05, 0.1) is 11.3 Å². The number of hydrogen-bond donors (Lipinski definition) is 0. The largest absolute Gasteiger partial charge is 0.417 e. The maximum absolute atomic E-state index is 12.5. The second-order valence-electron chi connectivity index (χ2n) is 4.94. The lowest BCUT2D eigenvalue weighted by Gasteiger charge is -2.20. The van der Waals surface area contributed by atoms with E-state index in [2.05, 4.69) is 15.0 Å². The van der Waals surface area contributed by atoms with E-state index in [0.717, 1.165) is 43.0 Å². The summed E-state index contributed by atoms with van der Waals surface area (Å²) in [6.07, 6.45) is -0.847. The number of fused-ring (bicyclic) bond motifs is 1. The van der Waals surface area contributed by atoms with Crippen molar-refractivity contribution < 1.29 is 13.2 Å². The summed E-state index contributed by atoms with van der Waals surface area (Å²) in [4.78, 5) is 6.02. The van der Waals surface area contributed by atoms with Crippen LogP contribution in [0, 0.1) is 0 Å². The lowest BCUT2D eigenvalue weighted by Crippen LogP contribution is -2.25. The zero-order chi connectivity index (χ0) is 14.3. The summed E-state index contributed by atoms with van der Waals surface area (Å²) in [5.41, 5.74) is 1.34. The monoisotopic (exact) mass is 282 g/mol. The lowest BCUT2D eigenvalue weighted by molar-refractivity contribution is -0.137. The molecule has 0 bridgehead atoms. The van der Waals surface area contributed by atoms with Gasteiger partial charge in [-0.2, -0.15) is 18.3 Å². The molecule has 7 heteroatoms. The Labute approximate surface area is 113 Å². The summed E-state index contributed by atoms with van der Waals surface area (Å²) in [6.45, 7) is 1.74. The van der Waals surface area contributed by atoms with Crippen LogP contribution in [-0.2, 0) is 19.1 Å². The summed E-state index contributed by atoms with van der Waals surface area (Å²) in [5.74, 6) is 0.398. The van der Waals surface area contributed by atoms with Crippen LogP contribution in [0.4, 0.5) is 13.2 Å². The molecule has 0 saturated carbocycles. The molecule has 0 atom stereocenters. The van der Waals surface area contributed by atoms with Crippen molar-refractivity contribution in [1.29, 1.82) is 0 Å². The van der Waals surface area contributed by atoms with Gasteiger partial charge in [0.15, 0.2) is 5.82 Å². The fourth-order valence-corrected chi connectivity index (χ4v) is 2.26. The minimum absolute atomic E-state index is 0.398. The Balaban J connectivity index is 1.90. The number of aromatic nitrogens is 3. The van der Waals surface area contributed by atoms with Crippen molar-refractivity contribution in [3.05, 3.63) is 41.3 Å². The predicted octanol–water partition coefficient (Wildman–Crippen LogP) is 2.27. The standard InChI is InChI=1S/C13H13F3N4/c1-19-5-4-11-9(7-19)8-20(18-11)12-3-2-10(6-17-12)13(14,15)16/h2-3,6,8H,4-5,7H2,1H3. The van der Waals surface area contributed by atoms with Gasteiger partial charge in [0.25, 0.3) is 0 Å². The maximum atomic E-state index is 12.5. The van der Waals surface area contributed by atoms with E-state index < -0.39 is 11.7 Å². The molecule has 0 aromatic carbocycles. The van der Waals surface area contributed by atoms with Gasteiger partial charge in [0, 0.05) is 37.5 Å². The summed E-state index contributed by atoms with van der Waals surface area (Å²) >= 11 is 0. The zero-order valence-corrected chi connectivity index (χ0v) is 10.9. The third-order valence-corrected chi connectivity index (χ3v) is 3.36. The van der Waals surface area contributed by atoms with Crippen LogP contribution in [0.25, 0.3) is 5.82 Å². The second kappa shape index (κ2) is 4.59. The van der Waals surface area contributed by atoms with Crippen molar-refractivity contribution in [2.24, 2.45) is 0 Å². The summed E-state index contributed by atoms with van der Waals surface area (Å²) in [6, 6.07) is 2.36. The third kappa shape index (κ3) is 2.40. The highest BCUT2D eigenvalue weighted by Crippen LogP contribution is 2.28. The molecule has 0 spiro atoms. The molecule has 4 nitrogen and oxygen atoms in total. The summed E-state index contributed by atoms with van der Waals surface area (Å²) < 4.78 is 39.0. The van der Waals surface area contributed by atoms with Crippen LogP contribution >= 0.6 is 0 Å². The Hall–Kier alpha value is -1.89. The first-order valence-electron chi connectivity index (χ1n) is 6.23. The maximum Gasteiger partial charge on any atom is 0.417 e. The van der Waals surface area contributed by atoms with Gasteiger partial charge in [-0.15, -0.1) is 0 Å². The fraction of sp³-hybridized carbons (Fsp3) is 0.385. The first-order chi connectivity index (χ1) is 9.43. The Morgan fingerprint density at radius 1 is 1.25 bits per heavy atom. The number of halogens is 3. The van der Waals surface area contributed by atoms with Crippen molar-refractivity contribution in [1.82, 2.24) is 19.7 Å². The lowest BCUT2D eigenvalue weighted by atomic mass is 10.1. The number of alkyl halides is 3. The van der Waals surface area contributed by atoms with E-state index in [1.165, 1.54) is 6.07 Å². The smallest absolute Gasteiger partial charge is 0.302 e. The Bertz CT molecular complexity index is 616. The molecule has 0 saturated heterocycles. The normalized spacial score (nSPS) is 16.2. The van der Waals surface area contributed by atoms with E-state index in [1.54, 1.807) is 4.68 Å². The van der Waals surface area contributed by atoms with Crippen molar-refractivity contribution >= 4 is 0 Å². The Kier molecular flexibility index (Phi) is 3.01.